The maximum atomic E-state index is 11.5. The number of fused-ring (bicyclic) bond motifs is 1. The van der Waals surface area contributed by atoms with Gasteiger partial charge in [0.15, 0.2) is 6.29 Å². The largest absolute Gasteiger partial charge is 0.296 e. The van der Waals surface area contributed by atoms with Crippen molar-refractivity contribution < 1.29 is 4.79 Å². The highest BCUT2D eigenvalue weighted by Gasteiger charge is 2.19. The first-order valence-corrected chi connectivity index (χ1v) is 9.92. The van der Waals surface area contributed by atoms with E-state index in [0.29, 0.717) is 5.69 Å². The smallest absolute Gasteiger partial charge is 0.213 e. The van der Waals surface area contributed by atoms with Crippen LogP contribution in [-0.4, -0.2) is 20.9 Å². The van der Waals surface area contributed by atoms with Crippen LogP contribution in [0.4, 0.5) is 0 Å². The summed E-state index contributed by atoms with van der Waals surface area (Å²) in [5.74, 6) is 0.854. The quantitative estimate of drug-likeness (QED) is 0.621. The van der Waals surface area contributed by atoms with Gasteiger partial charge in [-0.1, -0.05) is 49.5 Å². The fraction of sp³-hybridized carbons (Fsp3) is 0.471. The Morgan fingerprint density at radius 1 is 1.30 bits per heavy atom. The molecule has 23 heavy (non-hydrogen) atoms. The average Bonchev–Trinajstić information content (AvgIpc) is 3.29. The summed E-state index contributed by atoms with van der Waals surface area (Å²) in [6.45, 7) is 0. The van der Waals surface area contributed by atoms with E-state index in [1.165, 1.54) is 38.5 Å². The van der Waals surface area contributed by atoms with Gasteiger partial charge < -0.3 is 0 Å². The second-order valence-electron chi connectivity index (χ2n) is 6.17. The van der Waals surface area contributed by atoms with Crippen molar-refractivity contribution in [2.75, 3.05) is 0 Å². The van der Waals surface area contributed by atoms with Crippen molar-refractivity contribution in [1.29, 1.82) is 0 Å². The average molecular weight is 345 g/mol. The summed E-state index contributed by atoms with van der Waals surface area (Å²) in [7, 11) is 0. The number of aromatic nitrogens is 3. The van der Waals surface area contributed by atoms with Gasteiger partial charge >= 0.3 is 0 Å². The zero-order valence-corrected chi connectivity index (χ0v) is 14.5. The van der Waals surface area contributed by atoms with Crippen molar-refractivity contribution in [3.8, 4) is 10.6 Å². The summed E-state index contributed by atoms with van der Waals surface area (Å²) >= 11 is 3.22. The van der Waals surface area contributed by atoms with Gasteiger partial charge in [0.2, 0.25) is 4.96 Å². The van der Waals surface area contributed by atoms with Gasteiger partial charge in [-0.25, -0.2) is 4.98 Å². The molecule has 0 saturated heterocycles. The van der Waals surface area contributed by atoms with Gasteiger partial charge in [-0.05, 0) is 23.8 Å². The summed E-state index contributed by atoms with van der Waals surface area (Å²) in [5, 5.41) is 7.74. The molecule has 120 valence electrons. The first kappa shape index (κ1) is 15.0. The highest BCUT2D eigenvalue weighted by atomic mass is 32.1. The van der Waals surface area contributed by atoms with E-state index in [1.807, 2.05) is 17.5 Å². The SMILES string of the molecule is O=Cc1c(-c2cccs2)nc2sc(CCC3CCCCC3)nn12. The van der Waals surface area contributed by atoms with Crippen LogP contribution in [0.15, 0.2) is 17.5 Å². The number of nitrogens with zero attached hydrogens (tertiary/aromatic N) is 3. The van der Waals surface area contributed by atoms with Crippen molar-refractivity contribution in [1.82, 2.24) is 14.6 Å². The van der Waals surface area contributed by atoms with Gasteiger partial charge in [0.1, 0.15) is 16.4 Å². The molecule has 0 radical (unpaired) electrons. The topological polar surface area (TPSA) is 47.3 Å². The number of hydrogen-bond acceptors (Lipinski definition) is 5. The number of hydrogen-bond donors (Lipinski definition) is 0. The summed E-state index contributed by atoms with van der Waals surface area (Å²) in [5.41, 5.74) is 1.33. The highest BCUT2D eigenvalue weighted by molar-refractivity contribution is 7.16. The van der Waals surface area contributed by atoms with Crippen molar-refractivity contribution >= 4 is 33.9 Å². The lowest BCUT2D eigenvalue weighted by Gasteiger charge is -2.20. The molecule has 0 unspecified atom stereocenters. The fourth-order valence-corrected chi connectivity index (χ4v) is 5.05. The molecule has 0 N–H and O–H groups in total. The minimum Gasteiger partial charge on any atom is -0.296 e. The van der Waals surface area contributed by atoms with Gasteiger partial charge in [0, 0.05) is 6.42 Å². The summed E-state index contributed by atoms with van der Waals surface area (Å²) in [6, 6.07) is 3.97. The van der Waals surface area contributed by atoms with Crippen molar-refractivity contribution in [2.24, 2.45) is 5.92 Å². The van der Waals surface area contributed by atoms with Gasteiger partial charge in [0.25, 0.3) is 0 Å². The Bertz CT molecular complexity index is 797. The third-order valence-corrected chi connectivity index (χ3v) is 6.48. The number of aldehydes is 1. The van der Waals surface area contributed by atoms with Crippen LogP contribution in [0.1, 0.15) is 54.0 Å². The van der Waals surface area contributed by atoms with Gasteiger partial charge in [-0.15, -0.1) is 11.3 Å². The molecule has 1 aliphatic carbocycles. The van der Waals surface area contributed by atoms with E-state index in [9.17, 15) is 4.79 Å². The highest BCUT2D eigenvalue weighted by Crippen LogP contribution is 2.31. The van der Waals surface area contributed by atoms with Crippen LogP contribution in [0.25, 0.3) is 15.5 Å². The molecule has 0 aliphatic heterocycles. The predicted molar refractivity (Wildman–Crippen MR) is 94.5 cm³/mol. The van der Waals surface area contributed by atoms with Gasteiger partial charge in [0.05, 0.1) is 4.88 Å². The monoisotopic (exact) mass is 345 g/mol. The number of imidazole rings is 1. The lowest BCUT2D eigenvalue weighted by Crippen LogP contribution is -2.07. The minimum absolute atomic E-state index is 0.572. The van der Waals surface area contributed by atoms with Crippen LogP contribution in [-0.2, 0) is 6.42 Å². The maximum absolute atomic E-state index is 11.5. The van der Waals surface area contributed by atoms with Crippen LogP contribution in [0.3, 0.4) is 0 Å². The Balaban J connectivity index is 1.56. The van der Waals surface area contributed by atoms with Gasteiger partial charge in [-0.3, -0.25) is 4.79 Å². The Labute approximate surface area is 143 Å². The molecular weight excluding hydrogens is 326 g/mol. The van der Waals surface area contributed by atoms with Crippen LogP contribution in [0.5, 0.6) is 0 Å². The van der Waals surface area contributed by atoms with E-state index in [0.717, 1.165) is 39.2 Å². The minimum atomic E-state index is 0.572. The molecule has 3 aromatic heterocycles. The fourth-order valence-electron chi connectivity index (χ4n) is 3.41. The molecule has 0 amide bonds. The molecule has 0 atom stereocenters. The lowest BCUT2D eigenvalue weighted by molar-refractivity contribution is 0.111. The van der Waals surface area contributed by atoms with Crippen molar-refractivity contribution in [3.05, 3.63) is 28.2 Å². The van der Waals surface area contributed by atoms with Crippen LogP contribution in [0.2, 0.25) is 0 Å². The van der Waals surface area contributed by atoms with Crippen LogP contribution in [0, 0.1) is 5.92 Å². The molecule has 4 nitrogen and oxygen atoms in total. The van der Waals surface area contributed by atoms with E-state index >= 15 is 0 Å². The van der Waals surface area contributed by atoms with E-state index in [-0.39, 0.29) is 0 Å². The van der Waals surface area contributed by atoms with E-state index in [4.69, 9.17) is 0 Å². The van der Waals surface area contributed by atoms with Crippen molar-refractivity contribution in [3.63, 3.8) is 0 Å². The summed E-state index contributed by atoms with van der Waals surface area (Å²) in [4.78, 5) is 18.0. The van der Waals surface area contributed by atoms with E-state index in [2.05, 4.69) is 10.1 Å². The van der Waals surface area contributed by atoms with Crippen LogP contribution >= 0.6 is 22.7 Å². The number of aryl methyl sites for hydroxylation is 1. The molecule has 0 aromatic carbocycles. The zero-order valence-electron chi connectivity index (χ0n) is 12.9. The van der Waals surface area contributed by atoms with E-state index < -0.39 is 0 Å². The maximum Gasteiger partial charge on any atom is 0.213 e. The summed E-state index contributed by atoms with van der Waals surface area (Å²) < 4.78 is 1.73. The molecular formula is C17H19N3OS2. The second kappa shape index (κ2) is 6.53. The Morgan fingerprint density at radius 2 is 2.17 bits per heavy atom. The number of rotatable bonds is 5. The Kier molecular flexibility index (Phi) is 4.27. The molecule has 1 aliphatic rings. The Morgan fingerprint density at radius 3 is 2.91 bits per heavy atom. The predicted octanol–water partition coefficient (Wildman–Crippen LogP) is 4.84. The first-order valence-electron chi connectivity index (χ1n) is 8.22. The molecule has 0 bridgehead atoms. The first-order chi connectivity index (χ1) is 11.3. The number of carbonyl (C=O) groups excluding carboxylic acids is 1. The van der Waals surface area contributed by atoms with Crippen molar-refractivity contribution in [2.45, 2.75) is 44.9 Å². The van der Waals surface area contributed by atoms with E-state index in [1.54, 1.807) is 27.2 Å². The lowest BCUT2D eigenvalue weighted by atomic mass is 9.86. The normalized spacial score (nSPS) is 16.2. The van der Waals surface area contributed by atoms with Crippen LogP contribution < -0.4 is 0 Å². The standard InChI is InChI=1S/C17H19N3OS2/c21-11-13-16(14-7-4-10-22-14)18-17-20(13)19-15(23-17)9-8-12-5-2-1-3-6-12/h4,7,10-12H,1-3,5-6,8-9H2. The Hall–Kier alpha value is -1.53. The number of carbonyl (C=O) groups is 1. The molecule has 0 spiro atoms. The molecule has 1 fully saturated rings. The number of thiophene rings is 1. The molecule has 3 aromatic rings. The third-order valence-electron chi connectivity index (χ3n) is 4.64. The third kappa shape index (κ3) is 2.97. The second-order valence-corrected chi connectivity index (χ2v) is 8.16. The molecule has 1 saturated carbocycles. The molecule has 3 heterocycles. The molecule has 6 heteroatoms. The van der Waals surface area contributed by atoms with Gasteiger partial charge in [-0.2, -0.15) is 9.61 Å². The zero-order chi connectivity index (χ0) is 15.6. The molecule has 4 rings (SSSR count). The summed E-state index contributed by atoms with van der Waals surface area (Å²) in [6.07, 6.45) is 9.98.